The fraction of sp³-hybridized carbons (Fsp3) is 0.158. The average molecular weight is 323 g/mol. The van der Waals surface area contributed by atoms with Crippen LogP contribution in [0.15, 0.2) is 67.0 Å². The lowest BCUT2D eigenvalue weighted by Crippen LogP contribution is -2.27. The Balaban J connectivity index is 1.51. The summed E-state index contributed by atoms with van der Waals surface area (Å²) in [5.41, 5.74) is 2.39. The molecule has 0 aliphatic rings. The molecule has 3 rings (SSSR count). The molecule has 2 aromatic carbocycles. The van der Waals surface area contributed by atoms with Crippen molar-refractivity contribution in [1.29, 1.82) is 0 Å². The van der Waals surface area contributed by atoms with Gasteiger partial charge >= 0.3 is 0 Å². The molecule has 0 unspecified atom stereocenters. The Morgan fingerprint density at radius 1 is 1.08 bits per heavy atom. The lowest BCUT2D eigenvalue weighted by Gasteiger charge is -2.05. The molecule has 0 radical (unpaired) electrons. The predicted molar refractivity (Wildman–Crippen MR) is 90.4 cm³/mol. The van der Waals surface area contributed by atoms with Gasteiger partial charge in [0.2, 0.25) is 5.91 Å². The molecule has 4 nitrogen and oxygen atoms in total. The van der Waals surface area contributed by atoms with Crippen molar-refractivity contribution >= 4 is 5.91 Å². The summed E-state index contributed by atoms with van der Waals surface area (Å²) in [5, 5.41) is 7.08. The first-order valence-corrected chi connectivity index (χ1v) is 7.81. The van der Waals surface area contributed by atoms with Crippen molar-refractivity contribution in [3.05, 3.63) is 83.9 Å². The van der Waals surface area contributed by atoms with Crippen LogP contribution in [0.5, 0.6) is 0 Å². The van der Waals surface area contributed by atoms with E-state index in [1.165, 1.54) is 6.07 Å². The standard InChI is InChI=1S/C19H18FN3O/c20-18-9-5-4-6-16(18)10-11-21-19(24)12-15-13-22-23(14-15)17-7-2-1-3-8-17/h1-9,13-14H,10-12H2,(H,21,24). The molecule has 0 saturated heterocycles. The van der Waals surface area contributed by atoms with Gasteiger partial charge in [0.15, 0.2) is 0 Å². The van der Waals surface area contributed by atoms with Crippen molar-refractivity contribution in [1.82, 2.24) is 15.1 Å². The minimum atomic E-state index is -0.240. The van der Waals surface area contributed by atoms with Crippen molar-refractivity contribution in [3.8, 4) is 5.69 Å². The smallest absolute Gasteiger partial charge is 0.224 e. The summed E-state index contributed by atoms with van der Waals surface area (Å²) in [6.45, 7) is 0.409. The molecule has 122 valence electrons. The van der Waals surface area contributed by atoms with Crippen LogP contribution in [0.25, 0.3) is 5.69 Å². The lowest BCUT2D eigenvalue weighted by atomic mass is 10.1. The molecular formula is C19H18FN3O. The summed E-state index contributed by atoms with van der Waals surface area (Å²) >= 11 is 0. The second-order valence-electron chi connectivity index (χ2n) is 5.50. The van der Waals surface area contributed by atoms with Crippen LogP contribution >= 0.6 is 0 Å². The second kappa shape index (κ2) is 7.55. The number of nitrogens with zero attached hydrogens (tertiary/aromatic N) is 2. The maximum atomic E-state index is 13.5. The summed E-state index contributed by atoms with van der Waals surface area (Å²) in [7, 11) is 0. The van der Waals surface area contributed by atoms with E-state index in [2.05, 4.69) is 10.4 Å². The van der Waals surface area contributed by atoms with Gasteiger partial charge in [-0.05, 0) is 35.7 Å². The number of nitrogens with one attached hydrogen (secondary N) is 1. The minimum absolute atomic E-state index is 0.0982. The molecule has 1 heterocycles. The fourth-order valence-corrected chi connectivity index (χ4v) is 2.46. The zero-order valence-electron chi connectivity index (χ0n) is 13.2. The molecule has 0 atom stereocenters. The topological polar surface area (TPSA) is 46.9 Å². The Bertz CT molecular complexity index is 814. The summed E-state index contributed by atoms with van der Waals surface area (Å²) in [6.07, 6.45) is 4.25. The van der Waals surface area contributed by atoms with E-state index in [9.17, 15) is 9.18 Å². The van der Waals surface area contributed by atoms with Gasteiger partial charge in [0.1, 0.15) is 5.82 Å². The highest BCUT2D eigenvalue weighted by atomic mass is 19.1. The number of amides is 1. The van der Waals surface area contributed by atoms with Crippen LogP contribution in [0.3, 0.4) is 0 Å². The van der Waals surface area contributed by atoms with Gasteiger partial charge in [0, 0.05) is 12.7 Å². The van der Waals surface area contributed by atoms with Gasteiger partial charge in [-0.15, -0.1) is 0 Å². The quantitative estimate of drug-likeness (QED) is 0.758. The fourth-order valence-electron chi connectivity index (χ4n) is 2.46. The molecule has 24 heavy (non-hydrogen) atoms. The Kier molecular flexibility index (Phi) is 5.01. The number of para-hydroxylation sites is 1. The zero-order chi connectivity index (χ0) is 16.8. The Morgan fingerprint density at radius 3 is 2.62 bits per heavy atom. The van der Waals surface area contributed by atoms with Crippen molar-refractivity contribution < 1.29 is 9.18 Å². The molecule has 0 spiro atoms. The molecule has 0 bridgehead atoms. The summed E-state index contributed by atoms with van der Waals surface area (Å²) in [4.78, 5) is 12.0. The molecule has 3 aromatic rings. The number of halogens is 1. The van der Waals surface area contributed by atoms with Gasteiger partial charge in [-0.3, -0.25) is 4.79 Å². The zero-order valence-corrected chi connectivity index (χ0v) is 13.2. The normalized spacial score (nSPS) is 10.5. The molecule has 1 N–H and O–H groups in total. The van der Waals surface area contributed by atoms with E-state index in [-0.39, 0.29) is 18.1 Å². The van der Waals surface area contributed by atoms with Crippen LogP contribution in [-0.2, 0) is 17.6 Å². The molecule has 0 aliphatic carbocycles. The van der Waals surface area contributed by atoms with E-state index in [0.717, 1.165) is 11.3 Å². The third kappa shape index (κ3) is 4.07. The van der Waals surface area contributed by atoms with Crippen molar-refractivity contribution in [3.63, 3.8) is 0 Å². The first-order chi connectivity index (χ1) is 11.7. The van der Waals surface area contributed by atoms with E-state index in [1.54, 1.807) is 29.1 Å². The van der Waals surface area contributed by atoms with Crippen molar-refractivity contribution in [2.45, 2.75) is 12.8 Å². The largest absolute Gasteiger partial charge is 0.355 e. The number of rotatable bonds is 6. The molecule has 0 aliphatic heterocycles. The number of hydrogen-bond acceptors (Lipinski definition) is 2. The average Bonchev–Trinajstić information content (AvgIpc) is 3.06. The van der Waals surface area contributed by atoms with Crippen LogP contribution in [0.2, 0.25) is 0 Å². The van der Waals surface area contributed by atoms with Crippen LogP contribution in [0, 0.1) is 5.82 Å². The highest BCUT2D eigenvalue weighted by Crippen LogP contribution is 2.08. The van der Waals surface area contributed by atoms with Gasteiger partial charge in [-0.2, -0.15) is 5.10 Å². The maximum absolute atomic E-state index is 13.5. The number of aromatic nitrogens is 2. The third-order valence-electron chi connectivity index (χ3n) is 3.70. The Labute approximate surface area is 139 Å². The monoisotopic (exact) mass is 323 g/mol. The van der Waals surface area contributed by atoms with E-state index >= 15 is 0 Å². The van der Waals surface area contributed by atoms with E-state index in [1.807, 2.05) is 36.5 Å². The maximum Gasteiger partial charge on any atom is 0.224 e. The number of benzene rings is 2. The van der Waals surface area contributed by atoms with Crippen molar-refractivity contribution in [2.24, 2.45) is 0 Å². The highest BCUT2D eigenvalue weighted by Gasteiger charge is 2.07. The van der Waals surface area contributed by atoms with Crippen LogP contribution < -0.4 is 5.32 Å². The highest BCUT2D eigenvalue weighted by molar-refractivity contribution is 5.78. The Morgan fingerprint density at radius 2 is 1.83 bits per heavy atom. The van der Waals surface area contributed by atoms with Gasteiger partial charge in [0.05, 0.1) is 18.3 Å². The number of hydrogen-bond donors (Lipinski definition) is 1. The van der Waals surface area contributed by atoms with E-state index < -0.39 is 0 Å². The van der Waals surface area contributed by atoms with Crippen LogP contribution in [0.1, 0.15) is 11.1 Å². The number of carbonyl (C=O) groups is 1. The van der Waals surface area contributed by atoms with Gasteiger partial charge in [0.25, 0.3) is 0 Å². The first kappa shape index (κ1) is 15.9. The van der Waals surface area contributed by atoms with Gasteiger partial charge in [-0.1, -0.05) is 36.4 Å². The van der Waals surface area contributed by atoms with Crippen molar-refractivity contribution in [2.75, 3.05) is 6.54 Å². The third-order valence-corrected chi connectivity index (χ3v) is 3.70. The SMILES string of the molecule is O=C(Cc1cnn(-c2ccccc2)c1)NCCc1ccccc1F. The Hall–Kier alpha value is -2.95. The molecule has 5 heteroatoms. The van der Waals surface area contributed by atoms with Gasteiger partial charge < -0.3 is 5.32 Å². The molecular weight excluding hydrogens is 305 g/mol. The van der Waals surface area contributed by atoms with Gasteiger partial charge in [-0.25, -0.2) is 9.07 Å². The first-order valence-electron chi connectivity index (χ1n) is 7.81. The van der Waals surface area contributed by atoms with E-state index in [0.29, 0.717) is 18.5 Å². The molecule has 1 aromatic heterocycles. The summed E-state index contributed by atoms with van der Waals surface area (Å²) in [5.74, 6) is -0.338. The second-order valence-corrected chi connectivity index (χ2v) is 5.50. The summed E-state index contributed by atoms with van der Waals surface area (Å²) in [6, 6.07) is 16.3. The predicted octanol–water partition coefficient (Wildman–Crippen LogP) is 2.91. The van der Waals surface area contributed by atoms with Crippen LogP contribution in [-0.4, -0.2) is 22.2 Å². The van der Waals surface area contributed by atoms with Crippen LogP contribution in [0.4, 0.5) is 4.39 Å². The lowest BCUT2D eigenvalue weighted by molar-refractivity contribution is -0.120. The summed E-state index contributed by atoms with van der Waals surface area (Å²) < 4.78 is 15.2. The molecule has 0 fully saturated rings. The van der Waals surface area contributed by atoms with E-state index in [4.69, 9.17) is 0 Å². The number of carbonyl (C=O) groups excluding carboxylic acids is 1. The molecule has 0 saturated carbocycles. The molecule has 1 amide bonds. The minimum Gasteiger partial charge on any atom is -0.355 e.